The Kier molecular flexibility index (Phi) is 2.87. The van der Waals surface area contributed by atoms with Crippen LogP contribution in [0.2, 0.25) is 0 Å². The van der Waals surface area contributed by atoms with Gasteiger partial charge in [0.15, 0.2) is 0 Å². The second kappa shape index (κ2) is 4.14. The van der Waals surface area contributed by atoms with Gasteiger partial charge < -0.3 is 5.11 Å². The highest BCUT2D eigenvalue weighted by Gasteiger charge is 2.32. The molecule has 2 rings (SSSR count). The largest absolute Gasteiger partial charge is 0.396 e. The molecule has 2 atom stereocenters. The minimum atomic E-state index is 0.336. The molecule has 1 aliphatic carbocycles. The summed E-state index contributed by atoms with van der Waals surface area (Å²) in [5.41, 5.74) is 3.07. The molecule has 0 spiro atoms. The summed E-state index contributed by atoms with van der Waals surface area (Å²) >= 11 is 0. The van der Waals surface area contributed by atoms with Crippen LogP contribution in [0.15, 0.2) is 24.3 Å². The van der Waals surface area contributed by atoms with Gasteiger partial charge in [-0.25, -0.2) is 0 Å². The molecule has 1 unspecified atom stereocenters. The molecule has 0 radical (unpaired) electrons. The zero-order valence-corrected chi connectivity index (χ0v) is 8.74. The van der Waals surface area contributed by atoms with Gasteiger partial charge in [-0.2, -0.15) is 0 Å². The number of hydrogen-bond acceptors (Lipinski definition) is 1. The monoisotopic (exact) mass is 190 g/mol. The summed E-state index contributed by atoms with van der Waals surface area (Å²) in [7, 11) is 0. The number of unbranched alkanes of at least 4 members (excludes halogenated alkanes) is 1. The maximum atomic E-state index is 8.73. The highest BCUT2D eigenvalue weighted by molar-refractivity contribution is 5.44. The molecule has 0 saturated heterocycles. The highest BCUT2D eigenvalue weighted by atomic mass is 16.2. The van der Waals surface area contributed by atoms with Gasteiger partial charge in [0, 0.05) is 6.61 Å². The van der Waals surface area contributed by atoms with Crippen molar-refractivity contribution in [3.63, 3.8) is 0 Å². The molecule has 0 heterocycles. The van der Waals surface area contributed by atoms with E-state index in [4.69, 9.17) is 5.11 Å². The number of benzene rings is 1. The molecule has 14 heavy (non-hydrogen) atoms. The topological polar surface area (TPSA) is 20.2 Å². The smallest absolute Gasteiger partial charge is 0.0431 e. The molecule has 1 N–H and O–H groups in total. The molecule has 1 aromatic carbocycles. The first-order valence-electron chi connectivity index (χ1n) is 5.54. The van der Waals surface area contributed by atoms with Crippen LogP contribution in [0.25, 0.3) is 0 Å². The number of aliphatic hydroxyl groups excluding tert-OH is 1. The second-order valence-corrected chi connectivity index (χ2v) is 4.24. The molecule has 1 aliphatic rings. The van der Waals surface area contributed by atoms with Gasteiger partial charge in [-0.3, -0.25) is 0 Å². The van der Waals surface area contributed by atoms with E-state index in [0.29, 0.717) is 6.61 Å². The fourth-order valence-corrected chi connectivity index (χ4v) is 2.53. The molecule has 0 bridgehead atoms. The normalized spacial score (nSPS) is 24.1. The van der Waals surface area contributed by atoms with E-state index in [0.717, 1.165) is 24.7 Å². The molecule has 1 aromatic rings. The van der Waals surface area contributed by atoms with E-state index >= 15 is 0 Å². The molecule has 76 valence electrons. The van der Waals surface area contributed by atoms with Gasteiger partial charge in [-0.1, -0.05) is 37.6 Å². The van der Waals surface area contributed by atoms with Crippen molar-refractivity contribution in [2.24, 2.45) is 0 Å². The zero-order chi connectivity index (χ0) is 9.97. The van der Waals surface area contributed by atoms with Crippen molar-refractivity contribution in [3.8, 4) is 0 Å². The molecular formula is C13H18O. The highest BCUT2D eigenvalue weighted by Crippen LogP contribution is 2.48. The van der Waals surface area contributed by atoms with Crippen molar-refractivity contribution in [3.05, 3.63) is 35.4 Å². The lowest BCUT2D eigenvalue weighted by molar-refractivity contribution is 0.278. The standard InChI is InChI=1S/C13H18O/c1-10-11-6-2-3-8-13(11)12(10)7-4-5-9-14/h2-3,6,8,10,12,14H,4-5,7,9H2,1H3/t10?,12-/m1/s1. The fourth-order valence-electron chi connectivity index (χ4n) is 2.53. The number of aliphatic hydroxyl groups is 1. The second-order valence-electron chi connectivity index (χ2n) is 4.24. The predicted molar refractivity (Wildman–Crippen MR) is 58.5 cm³/mol. The first-order valence-corrected chi connectivity index (χ1v) is 5.54. The average Bonchev–Trinajstić information content (AvgIpc) is 2.24. The van der Waals surface area contributed by atoms with Crippen molar-refractivity contribution in [1.29, 1.82) is 0 Å². The third-order valence-electron chi connectivity index (χ3n) is 3.41. The van der Waals surface area contributed by atoms with Gasteiger partial charge in [0.05, 0.1) is 0 Å². The van der Waals surface area contributed by atoms with Crippen LogP contribution in [0.1, 0.15) is 49.1 Å². The van der Waals surface area contributed by atoms with Gasteiger partial charge in [-0.15, -0.1) is 0 Å². The van der Waals surface area contributed by atoms with E-state index in [1.165, 1.54) is 17.5 Å². The summed E-state index contributed by atoms with van der Waals surface area (Å²) in [6.07, 6.45) is 3.34. The first kappa shape index (κ1) is 9.72. The predicted octanol–water partition coefficient (Wildman–Crippen LogP) is 3.05. The quantitative estimate of drug-likeness (QED) is 0.723. The third-order valence-corrected chi connectivity index (χ3v) is 3.41. The Morgan fingerprint density at radius 1 is 1.14 bits per heavy atom. The summed E-state index contributed by atoms with van der Waals surface area (Å²) in [5, 5.41) is 8.73. The number of rotatable bonds is 4. The molecule has 0 aromatic heterocycles. The fraction of sp³-hybridized carbons (Fsp3) is 0.538. The Morgan fingerprint density at radius 2 is 1.86 bits per heavy atom. The van der Waals surface area contributed by atoms with Crippen LogP contribution in [0.5, 0.6) is 0 Å². The van der Waals surface area contributed by atoms with E-state index in [1.807, 2.05) is 0 Å². The summed E-state index contributed by atoms with van der Waals surface area (Å²) in [4.78, 5) is 0. The Hall–Kier alpha value is -0.820. The summed E-state index contributed by atoms with van der Waals surface area (Å²) in [5.74, 6) is 1.47. The number of fused-ring (bicyclic) bond motifs is 1. The van der Waals surface area contributed by atoms with Gasteiger partial charge in [0.1, 0.15) is 0 Å². The minimum Gasteiger partial charge on any atom is -0.396 e. The molecule has 0 fully saturated rings. The molecule has 0 saturated carbocycles. The molecule has 1 nitrogen and oxygen atoms in total. The minimum absolute atomic E-state index is 0.336. The SMILES string of the molecule is CC1c2ccccc2[C@@H]1CCCCO. The van der Waals surface area contributed by atoms with Crippen molar-refractivity contribution in [2.75, 3.05) is 6.61 Å². The Bertz CT molecular complexity index is 306. The van der Waals surface area contributed by atoms with Gasteiger partial charge >= 0.3 is 0 Å². The summed E-state index contributed by atoms with van der Waals surface area (Å²) in [6, 6.07) is 8.74. The van der Waals surface area contributed by atoms with Gasteiger partial charge in [0.2, 0.25) is 0 Å². The number of hydrogen-bond donors (Lipinski definition) is 1. The molecule has 1 heteroatoms. The Balaban J connectivity index is 1.97. The van der Waals surface area contributed by atoms with Crippen molar-refractivity contribution >= 4 is 0 Å². The van der Waals surface area contributed by atoms with E-state index in [-0.39, 0.29) is 0 Å². The Labute approximate surface area is 85.8 Å². The van der Waals surface area contributed by atoms with Crippen LogP contribution in [-0.4, -0.2) is 11.7 Å². The van der Waals surface area contributed by atoms with E-state index in [9.17, 15) is 0 Å². The summed E-state index contributed by atoms with van der Waals surface area (Å²) in [6.45, 7) is 2.65. The van der Waals surface area contributed by atoms with Crippen molar-refractivity contribution < 1.29 is 5.11 Å². The van der Waals surface area contributed by atoms with E-state index in [2.05, 4.69) is 31.2 Å². The lowest BCUT2D eigenvalue weighted by Crippen LogP contribution is -2.21. The maximum absolute atomic E-state index is 8.73. The van der Waals surface area contributed by atoms with Gasteiger partial charge in [0.25, 0.3) is 0 Å². The van der Waals surface area contributed by atoms with Crippen LogP contribution in [0.3, 0.4) is 0 Å². The van der Waals surface area contributed by atoms with Gasteiger partial charge in [-0.05, 0) is 35.8 Å². The molecule has 0 amide bonds. The van der Waals surface area contributed by atoms with Crippen LogP contribution in [-0.2, 0) is 0 Å². The van der Waals surface area contributed by atoms with E-state index < -0.39 is 0 Å². The van der Waals surface area contributed by atoms with Crippen LogP contribution in [0, 0.1) is 0 Å². The van der Waals surface area contributed by atoms with Crippen molar-refractivity contribution in [2.45, 2.75) is 38.0 Å². The average molecular weight is 190 g/mol. The lowest BCUT2D eigenvalue weighted by Gasteiger charge is -2.37. The van der Waals surface area contributed by atoms with Crippen LogP contribution >= 0.6 is 0 Å². The van der Waals surface area contributed by atoms with Crippen molar-refractivity contribution in [1.82, 2.24) is 0 Å². The molecular weight excluding hydrogens is 172 g/mol. The zero-order valence-electron chi connectivity index (χ0n) is 8.74. The first-order chi connectivity index (χ1) is 6.84. The van der Waals surface area contributed by atoms with Crippen LogP contribution in [0.4, 0.5) is 0 Å². The third kappa shape index (κ3) is 1.57. The molecule has 0 aliphatic heterocycles. The maximum Gasteiger partial charge on any atom is 0.0431 e. The lowest BCUT2D eigenvalue weighted by atomic mass is 9.67. The van der Waals surface area contributed by atoms with E-state index in [1.54, 1.807) is 0 Å². The van der Waals surface area contributed by atoms with Crippen LogP contribution < -0.4 is 0 Å². The summed E-state index contributed by atoms with van der Waals surface area (Å²) < 4.78 is 0. The Morgan fingerprint density at radius 3 is 2.57 bits per heavy atom.